The molecule has 1 N–H and O–H groups in total. The first-order chi connectivity index (χ1) is 12.1. The number of carbonyl (C=O) groups is 1. The molecular weight excluding hydrogens is 336 g/mol. The summed E-state index contributed by atoms with van der Waals surface area (Å²) in [7, 11) is 0. The van der Waals surface area contributed by atoms with Crippen LogP contribution < -0.4 is 5.69 Å². The Labute approximate surface area is 150 Å². The Morgan fingerprint density at radius 3 is 1.80 bits per heavy atom. The molecule has 6 heteroatoms. The van der Waals surface area contributed by atoms with Gasteiger partial charge >= 0.3 is 11.7 Å². The molecule has 0 aliphatic rings. The van der Waals surface area contributed by atoms with Crippen molar-refractivity contribution in [2.75, 3.05) is 0 Å². The van der Waals surface area contributed by atoms with Gasteiger partial charge in [-0.25, -0.2) is 9.59 Å². The molecule has 0 atom stereocenters. The first-order valence-corrected chi connectivity index (χ1v) is 8.49. The third kappa shape index (κ3) is 3.53. The average molecular weight is 354 g/mol. The summed E-state index contributed by atoms with van der Waals surface area (Å²) < 4.78 is 2.81. The number of hydrogen-bond donors (Lipinski definition) is 2. The molecule has 5 nitrogen and oxygen atoms in total. The Balaban J connectivity index is 2.11. The van der Waals surface area contributed by atoms with Gasteiger partial charge in [-0.1, -0.05) is 60.7 Å². The van der Waals surface area contributed by atoms with E-state index in [1.165, 1.54) is 9.13 Å². The average Bonchev–Trinajstić information content (AvgIpc) is 2.89. The highest BCUT2D eigenvalue weighted by Gasteiger charge is 2.24. The van der Waals surface area contributed by atoms with Crippen LogP contribution in [0.2, 0.25) is 0 Å². The van der Waals surface area contributed by atoms with Gasteiger partial charge < -0.3 is 5.11 Å². The fraction of sp³-hybridized carbons (Fsp3) is 0.158. The highest BCUT2D eigenvalue weighted by molar-refractivity contribution is 7.79. The number of aromatic nitrogens is 2. The molecule has 0 aliphatic carbocycles. The van der Waals surface area contributed by atoms with Gasteiger partial charge in [0.25, 0.3) is 0 Å². The molecule has 0 radical (unpaired) electrons. The van der Waals surface area contributed by atoms with Gasteiger partial charge in [0, 0.05) is 5.75 Å². The van der Waals surface area contributed by atoms with Crippen LogP contribution in [0.3, 0.4) is 0 Å². The van der Waals surface area contributed by atoms with Crippen molar-refractivity contribution >= 4 is 18.6 Å². The maximum absolute atomic E-state index is 12.9. The number of aromatic carboxylic acids is 1. The van der Waals surface area contributed by atoms with E-state index in [1.807, 2.05) is 60.7 Å². The van der Waals surface area contributed by atoms with Gasteiger partial charge in [0.15, 0.2) is 5.69 Å². The minimum atomic E-state index is -1.12. The first kappa shape index (κ1) is 17.1. The SMILES string of the molecule is O=C(O)c1c(CS)n(Cc2ccccc2)c(=O)n1Cc1ccccc1. The van der Waals surface area contributed by atoms with Crippen molar-refractivity contribution in [1.82, 2.24) is 9.13 Å². The molecule has 2 aromatic carbocycles. The molecule has 1 aromatic heterocycles. The van der Waals surface area contributed by atoms with E-state index in [0.717, 1.165) is 11.1 Å². The van der Waals surface area contributed by atoms with Crippen molar-refractivity contribution in [3.63, 3.8) is 0 Å². The molecule has 0 saturated carbocycles. The highest BCUT2D eigenvalue weighted by Crippen LogP contribution is 2.15. The van der Waals surface area contributed by atoms with E-state index < -0.39 is 5.97 Å². The minimum absolute atomic E-state index is 0.000200. The van der Waals surface area contributed by atoms with Crippen LogP contribution in [0, 0.1) is 0 Å². The maximum atomic E-state index is 12.9. The van der Waals surface area contributed by atoms with Crippen LogP contribution in [0.1, 0.15) is 27.3 Å². The molecular formula is C19H18N2O3S. The number of benzene rings is 2. The number of hydrogen-bond acceptors (Lipinski definition) is 3. The van der Waals surface area contributed by atoms with Crippen molar-refractivity contribution in [3.05, 3.63) is 93.7 Å². The molecule has 3 rings (SSSR count). The van der Waals surface area contributed by atoms with Gasteiger partial charge in [0.05, 0.1) is 18.8 Å². The minimum Gasteiger partial charge on any atom is -0.477 e. The standard InChI is InChI=1S/C19H18N2O3S/c22-18(23)17-16(13-25)20(11-14-7-3-1-4-8-14)19(24)21(17)12-15-9-5-2-6-10-15/h1-10,25H,11-13H2,(H,22,23). The van der Waals surface area contributed by atoms with Gasteiger partial charge in [-0.3, -0.25) is 9.13 Å². The third-order valence-corrected chi connectivity index (χ3v) is 4.35. The lowest BCUT2D eigenvalue weighted by Crippen LogP contribution is -2.27. The summed E-state index contributed by atoms with van der Waals surface area (Å²) in [5.74, 6) is -0.949. The van der Waals surface area contributed by atoms with Gasteiger partial charge in [0.2, 0.25) is 0 Å². The predicted octanol–water partition coefficient (Wildman–Crippen LogP) is 2.87. The van der Waals surface area contributed by atoms with Crippen molar-refractivity contribution < 1.29 is 9.90 Å². The summed E-state index contributed by atoms with van der Waals surface area (Å²) in [6.07, 6.45) is 0. The highest BCUT2D eigenvalue weighted by atomic mass is 32.1. The third-order valence-electron chi connectivity index (χ3n) is 4.05. The Kier molecular flexibility index (Phi) is 5.09. The molecule has 0 saturated heterocycles. The lowest BCUT2D eigenvalue weighted by Gasteiger charge is -2.06. The summed E-state index contributed by atoms with van der Waals surface area (Å²) in [5, 5.41) is 9.65. The lowest BCUT2D eigenvalue weighted by molar-refractivity contribution is 0.0684. The fourth-order valence-electron chi connectivity index (χ4n) is 2.88. The normalized spacial score (nSPS) is 10.8. The Hall–Kier alpha value is -2.73. The monoisotopic (exact) mass is 354 g/mol. The second kappa shape index (κ2) is 7.44. The van der Waals surface area contributed by atoms with Crippen molar-refractivity contribution in [3.8, 4) is 0 Å². The summed E-state index contributed by atoms with van der Waals surface area (Å²) >= 11 is 4.26. The fourth-order valence-corrected chi connectivity index (χ4v) is 3.20. The van der Waals surface area contributed by atoms with E-state index in [1.54, 1.807) is 0 Å². The molecule has 25 heavy (non-hydrogen) atoms. The second-order valence-electron chi connectivity index (χ2n) is 5.68. The van der Waals surface area contributed by atoms with Gasteiger partial charge in [-0.05, 0) is 11.1 Å². The van der Waals surface area contributed by atoms with Gasteiger partial charge in [0.1, 0.15) is 0 Å². The zero-order valence-corrected chi connectivity index (χ0v) is 14.4. The number of imidazole rings is 1. The largest absolute Gasteiger partial charge is 0.477 e. The van der Waals surface area contributed by atoms with Crippen LogP contribution in [-0.4, -0.2) is 20.2 Å². The van der Waals surface area contributed by atoms with E-state index in [4.69, 9.17) is 0 Å². The Bertz CT molecular complexity index is 931. The van der Waals surface area contributed by atoms with Crippen molar-refractivity contribution in [2.24, 2.45) is 0 Å². The molecule has 0 amide bonds. The molecule has 128 valence electrons. The number of carboxylic acid groups (broad SMARTS) is 1. The summed E-state index contributed by atoms with van der Waals surface area (Å²) in [6.45, 7) is 0.529. The van der Waals surface area contributed by atoms with Crippen LogP contribution in [-0.2, 0) is 18.8 Å². The number of nitrogens with zero attached hydrogens (tertiary/aromatic N) is 2. The molecule has 0 aliphatic heterocycles. The molecule has 0 spiro atoms. The van der Waals surface area contributed by atoms with Gasteiger partial charge in [-0.15, -0.1) is 0 Å². The zero-order chi connectivity index (χ0) is 17.8. The molecule has 1 heterocycles. The first-order valence-electron chi connectivity index (χ1n) is 7.86. The maximum Gasteiger partial charge on any atom is 0.354 e. The van der Waals surface area contributed by atoms with Crippen LogP contribution in [0.5, 0.6) is 0 Å². The molecule has 0 bridgehead atoms. The smallest absolute Gasteiger partial charge is 0.354 e. The summed E-state index contributed by atoms with van der Waals surface area (Å²) in [5.41, 5.74) is 1.88. The summed E-state index contributed by atoms with van der Waals surface area (Å²) in [4.78, 5) is 24.7. The molecule has 3 aromatic rings. The van der Waals surface area contributed by atoms with E-state index >= 15 is 0 Å². The zero-order valence-electron chi connectivity index (χ0n) is 13.5. The number of rotatable bonds is 6. The Morgan fingerprint density at radius 1 is 0.880 bits per heavy atom. The van der Waals surface area contributed by atoms with Crippen LogP contribution in [0.25, 0.3) is 0 Å². The second-order valence-corrected chi connectivity index (χ2v) is 6.00. The van der Waals surface area contributed by atoms with Gasteiger partial charge in [-0.2, -0.15) is 12.6 Å². The lowest BCUT2D eigenvalue weighted by atomic mass is 10.2. The number of thiol groups is 1. The van der Waals surface area contributed by atoms with Crippen LogP contribution in [0.4, 0.5) is 0 Å². The Morgan fingerprint density at radius 2 is 1.36 bits per heavy atom. The quantitative estimate of drug-likeness (QED) is 0.669. The summed E-state index contributed by atoms with van der Waals surface area (Å²) in [6, 6.07) is 18.8. The molecule has 0 unspecified atom stereocenters. The van der Waals surface area contributed by atoms with Crippen LogP contribution in [0.15, 0.2) is 65.5 Å². The van der Waals surface area contributed by atoms with E-state index in [2.05, 4.69) is 12.6 Å². The van der Waals surface area contributed by atoms with Crippen molar-refractivity contribution in [1.29, 1.82) is 0 Å². The topological polar surface area (TPSA) is 64.2 Å². The van der Waals surface area contributed by atoms with E-state index in [9.17, 15) is 14.7 Å². The van der Waals surface area contributed by atoms with E-state index in [-0.39, 0.29) is 23.7 Å². The molecule has 0 fully saturated rings. The van der Waals surface area contributed by atoms with Crippen molar-refractivity contribution in [2.45, 2.75) is 18.8 Å². The number of carboxylic acids is 1. The van der Waals surface area contributed by atoms with Crippen LogP contribution >= 0.6 is 12.6 Å². The predicted molar refractivity (Wildman–Crippen MR) is 99.4 cm³/mol. The van der Waals surface area contributed by atoms with E-state index in [0.29, 0.717) is 12.2 Å².